The number of nitrogens with one attached hydrogen (secondary N) is 1. The van der Waals surface area contributed by atoms with E-state index in [1.807, 2.05) is 14.0 Å². The van der Waals surface area contributed by atoms with Gasteiger partial charge in [0, 0.05) is 12.6 Å². The molecule has 1 aliphatic rings. The van der Waals surface area contributed by atoms with Gasteiger partial charge in [0.25, 0.3) is 0 Å². The van der Waals surface area contributed by atoms with Crippen molar-refractivity contribution in [3.05, 3.63) is 0 Å². The van der Waals surface area contributed by atoms with Crippen molar-refractivity contribution >= 4 is 5.97 Å². The second-order valence-electron chi connectivity index (χ2n) is 5.90. The highest BCUT2D eigenvalue weighted by Gasteiger charge is 2.46. The average Bonchev–Trinajstić information content (AvgIpc) is 2.84. The molecule has 1 N–H and O–H groups in total. The minimum absolute atomic E-state index is 0.0862. The molecule has 0 spiro atoms. The maximum atomic E-state index is 12.1. The summed E-state index contributed by atoms with van der Waals surface area (Å²) in [6, 6.07) is 0.478. The van der Waals surface area contributed by atoms with Gasteiger partial charge in [-0.2, -0.15) is 0 Å². The molecule has 112 valence electrons. The Kier molecular flexibility index (Phi) is 6.27. The van der Waals surface area contributed by atoms with Crippen LogP contribution in [0.15, 0.2) is 0 Å². The van der Waals surface area contributed by atoms with Crippen LogP contribution < -0.4 is 5.32 Å². The van der Waals surface area contributed by atoms with Crippen LogP contribution in [-0.2, 0) is 9.53 Å². The average molecular weight is 270 g/mol. The quantitative estimate of drug-likeness (QED) is 0.719. The van der Waals surface area contributed by atoms with Crippen LogP contribution in [-0.4, -0.2) is 49.7 Å². The minimum Gasteiger partial charge on any atom is -0.465 e. The lowest BCUT2D eigenvalue weighted by atomic mass is 9.97. The first-order valence-electron chi connectivity index (χ1n) is 7.55. The van der Waals surface area contributed by atoms with E-state index in [1.54, 1.807) is 0 Å². The number of carbonyl (C=O) groups is 1. The molecule has 0 aromatic heterocycles. The van der Waals surface area contributed by atoms with Gasteiger partial charge in [-0.25, -0.2) is 0 Å². The van der Waals surface area contributed by atoms with Gasteiger partial charge in [-0.1, -0.05) is 20.3 Å². The topological polar surface area (TPSA) is 41.6 Å². The number of rotatable bonds is 7. The van der Waals surface area contributed by atoms with Gasteiger partial charge in [-0.15, -0.1) is 0 Å². The van der Waals surface area contributed by atoms with E-state index in [0.29, 0.717) is 18.6 Å². The van der Waals surface area contributed by atoms with E-state index in [-0.39, 0.29) is 5.97 Å². The summed E-state index contributed by atoms with van der Waals surface area (Å²) in [4.78, 5) is 14.6. The number of carbonyl (C=O) groups excluding carboxylic acids is 1. The molecular weight excluding hydrogens is 240 g/mol. The molecule has 0 aromatic carbocycles. The lowest BCUT2D eigenvalue weighted by Crippen LogP contribution is -2.50. The molecule has 0 amide bonds. The molecule has 3 atom stereocenters. The van der Waals surface area contributed by atoms with Crippen molar-refractivity contribution in [1.82, 2.24) is 10.2 Å². The van der Waals surface area contributed by atoms with E-state index in [1.165, 1.54) is 6.42 Å². The smallest absolute Gasteiger partial charge is 0.326 e. The molecule has 0 bridgehead atoms. The van der Waals surface area contributed by atoms with Gasteiger partial charge in [0.1, 0.15) is 5.54 Å². The van der Waals surface area contributed by atoms with Crippen molar-refractivity contribution < 1.29 is 9.53 Å². The summed E-state index contributed by atoms with van der Waals surface area (Å²) in [5, 5.41) is 3.21. The van der Waals surface area contributed by atoms with E-state index in [4.69, 9.17) is 4.74 Å². The first-order chi connectivity index (χ1) is 8.99. The molecule has 1 rings (SSSR count). The third kappa shape index (κ3) is 3.93. The van der Waals surface area contributed by atoms with Crippen LogP contribution in [0, 0.1) is 5.92 Å². The molecule has 0 saturated heterocycles. The van der Waals surface area contributed by atoms with Crippen LogP contribution in [0.3, 0.4) is 0 Å². The summed E-state index contributed by atoms with van der Waals surface area (Å²) in [6.07, 6.45) is 3.99. The highest BCUT2D eigenvalue weighted by molar-refractivity contribution is 5.81. The van der Waals surface area contributed by atoms with E-state index >= 15 is 0 Å². The molecule has 1 aliphatic carbocycles. The van der Waals surface area contributed by atoms with Crippen molar-refractivity contribution in [3.8, 4) is 0 Å². The zero-order valence-electron chi connectivity index (χ0n) is 13.2. The molecule has 0 aromatic rings. The number of nitrogens with zero attached hydrogens (tertiary/aromatic N) is 1. The van der Waals surface area contributed by atoms with E-state index in [0.717, 1.165) is 25.8 Å². The summed E-state index contributed by atoms with van der Waals surface area (Å²) in [5.41, 5.74) is -0.468. The van der Waals surface area contributed by atoms with Gasteiger partial charge in [0.05, 0.1) is 6.61 Å². The summed E-state index contributed by atoms with van der Waals surface area (Å²) in [7, 11) is 4.04. The Morgan fingerprint density at radius 2 is 2.21 bits per heavy atom. The fourth-order valence-electron chi connectivity index (χ4n) is 2.95. The van der Waals surface area contributed by atoms with Gasteiger partial charge in [-0.05, 0) is 46.2 Å². The van der Waals surface area contributed by atoms with Crippen LogP contribution in [0.5, 0.6) is 0 Å². The normalized spacial score (nSPS) is 28.6. The second kappa shape index (κ2) is 7.25. The molecular formula is C15H30N2O2. The number of esters is 1. The Balaban J connectivity index is 2.61. The highest BCUT2D eigenvalue weighted by Crippen LogP contribution is 2.34. The van der Waals surface area contributed by atoms with Gasteiger partial charge in [0.2, 0.25) is 0 Å². The fourth-order valence-corrected chi connectivity index (χ4v) is 2.95. The molecule has 4 heteroatoms. The maximum Gasteiger partial charge on any atom is 0.326 e. The number of hydrogen-bond acceptors (Lipinski definition) is 4. The van der Waals surface area contributed by atoms with Gasteiger partial charge < -0.3 is 15.0 Å². The largest absolute Gasteiger partial charge is 0.465 e. The Bertz CT molecular complexity index is 296. The van der Waals surface area contributed by atoms with Crippen LogP contribution >= 0.6 is 0 Å². The van der Waals surface area contributed by atoms with Crippen LogP contribution in [0.4, 0.5) is 0 Å². The summed E-state index contributed by atoms with van der Waals surface area (Å²) < 4.78 is 5.23. The first kappa shape index (κ1) is 16.4. The third-order valence-electron chi connectivity index (χ3n) is 4.55. The summed E-state index contributed by atoms with van der Waals surface area (Å²) >= 11 is 0. The number of hydrogen-bond donors (Lipinski definition) is 1. The SMILES string of the molecule is CCOC(=O)C1(NC)CCC(N(C)CC(C)CC)C1. The zero-order chi connectivity index (χ0) is 14.5. The Morgan fingerprint density at radius 3 is 2.74 bits per heavy atom. The third-order valence-corrected chi connectivity index (χ3v) is 4.55. The predicted octanol–water partition coefficient (Wildman–Crippen LogP) is 2.04. The minimum atomic E-state index is -0.468. The molecule has 3 unspecified atom stereocenters. The molecule has 0 heterocycles. The highest BCUT2D eigenvalue weighted by atomic mass is 16.5. The Morgan fingerprint density at radius 1 is 1.53 bits per heavy atom. The van der Waals surface area contributed by atoms with Crippen molar-refractivity contribution in [2.24, 2.45) is 5.92 Å². The fraction of sp³-hybridized carbons (Fsp3) is 0.933. The van der Waals surface area contributed by atoms with Crippen LogP contribution in [0.2, 0.25) is 0 Å². The molecule has 19 heavy (non-hydrogen) atoms. The van der Waals surface area contributed by atoms with Crippen molar-refractivity contribution in [2.45, 2.75) is 58.0 Å². The lowest BCUT2D eigenvalue weighted by Gasteiger charge is -2.30. The van der Waals surface area contributed by atoms with Crippen LogP contribution in [0.25, 0.3) is 0 Å². The molecule has 4 nitrogen and oxygen atoms in total. The maximum absolute atomic E-state index is 12.1. The number of ether oxygens (including phenoxy) is 1. The van der Waals surface area contributed by atoms with Crippen molar-refractivity contribution in [3.63, 3.8) is 0 Å². The molecule has 0 radical (unpaired) electrons. The summed E-state index contributed by atoms with van der Waals surface area (Å²) in [6.45, 7) is 7.92. The molecule has 1 fully saturated rings. The predicted molar refractivity (Wildman–Crippen MR) is 78.1 cm³/mol. The molecule has 0 aliphatic heterocycles. The van der Waals surface area contributed by atoms with E-state index < -0.39 is 5.54 Å². The van der Waals surface area contributed by atoms with Crippen LogP contribution in [0.1, 0.15) is 46.5 Å². The Hall–Kier alpha value is -0.610. The molecule has 1 saturated carbocycles. The summed E-state index contributed by atoms with van der Waals surface area (Å²) in [5.74, 6) is 0.620. The monoisotopic (exact) mass is 270 g/mol. The van der Waals surface area contributed by atoms with Gasteiger partial charge in [-0.3, -0.25) is 4.79 Å². The van der Waals surface area contributed by atoms with Gasteiger partial charge >= 0.3 is 5.97 Å². The Labute approximate surface area is 117 Å². The lowest BCUT2D eigenvalue weighted by molar-refractivity contribution is -0.151. The standard InChI is InChI=1S/C15H30N2O2/c1-6-12(3)11-17(5)13-8-9-15(10-13,16-4)14(18)19-7-2/h12-13,16H,6-11H2,1-5H3. The first-order valence-corrected chi connectivity index (χ1v) is 7.55. The van der Waals surface area contributed by atoms with Gasteiger partial charge in [0.15, 0.2) is 0 Å². The van der Waals surface area contributed by atoms with Crippen molar-refractivity contribution in [2.75, 3.05) is 27.2 Å². The van der Waals surface area contributed by atoms with E-state index in [9.17, 15) is 4.79 Å². The van der Waals surface area contributed by atoms with Crippen molar-refractivity contribution in [1.29, 1.82) is 0 Å². The zero-order valence-corrected chi connectivity index (χ0v) is 13.2. The van der Waals surface area contributed by atoms with E-state index in [2.05, 4.69) is 31.1 Å². The number of likely N-dealkylation sites (N-methyl/N-ethyl adjacent to an activating group) is 1. The second-order valence-corrected chi connectivity index (χ2v) is 5.90.